The van der Waals surface area contributed by atoms with Crippen molar-refractivity contribution >= 4 is 0 Å². The summed E-state index contributed by atoms with van der Waals surface area (Å²) in [6, 6.07) is 4.30. The summed E-state index contributed by atoms with van der Waals surface area (Å²) in [4.78, 5) is 0. The first-order chi connectivity index (χ1) is 9.17. The number of hydrogen-bond acceptors (Lipinski definition) is 4. The lowest BCUT2D eigenvalue weighted by molar-refractivity contribution is 0.318. The minimum Gasteiger partial charge on any atom is -0.493 e. The van der Waals surface area contributed by atoms with Crippen molar-refractivity contribution in [2.45, 2.75) is 19.4 Å². The van der Waals surface area contributed by atoms with Crippen LogP contribution in [0.15, 0.2) is 12.1 Å². The Hall–Kier alpha value is -1.42. The largest absolute Gasteiger partial charge is 0.493 e. The molecule has 0 heterocycles. The summed E-state index contributed by atoms with van der Waals surface area (Å²) in [5.74, 6) is 3.55. The number of rotatable bonds is 6. The molecule has 2 rings (SSSR count). The number of benzene rings is 1. The van der Waals surface area contributed by atoms with Crippen molar-refractivity contribution < 1.29 is 14.2 Å². The highest BCUT2D eigenvalue weighted by atomic mass is 16.5. The Kier molecular flexibility index (Phi) is 4.20. The molecule has 0 saturated heterocycles. The van der Waals surface area contributed by atoms with E-state index in [0.717, 1.165) is 17.2 Å². The second kappa shape index (κ2) is 5.70. The molecule has 0 radical (unpaired) electrons. The molecular weight excluding hydrogens is 242 g/mol. The lowest BCUT2D eigenvalue weighted by atomic mass is 9.99. The Morgan fingerprint density at radius 3 is 2.16 bits per heavy atom. The summed E-state index contributed by atoms with van der Waals surface area (Å²) in [6.45, 7) is 2.28. The maximum Gasteiger partial charge on any atom is 0.203 e. The van der Waals surface area contributed by atoms with Crippen LogP contribution in [0.3, 0.4) is 0 Å². The Morgan fingerprint density at radius 2 is 1.74 bits per heavy atom. The van der Waals surface area contributed by atoms with E-state index in [-0.39, 0.29) is 0 Å². The van der Waals surface area contributed by atoms with E-state index >= 15 is 0 Å². The molecule has 0 aromatic heterocycles. The minimum atomic E-state index is 0.296. The van der Waals surface area contributed by atoms with E-state index in [1.807, 2.05) is 13.1 Å². The number of methoxy groups -OCH3 is 3. The van der Waals surface area contributed by atoms with Gasteiger partial charge < -0.3 is 19.5 Å². The highest BCUT2D eigenvalue weighted by molar-refractivity contribution is 5.57. The van der Waals surface area contributed by atoms with Gasteiger partial charge in [-0.05, 0) is 37.4 Å². The van der Waals surface area contributed by atoms with Crippen LogP contribution < -0.4 is 19.5 Å². The molecule has 1 aliphatic carbocycles. The molecule has 1 fully saturated rings. The molecule has 106 valence electrons. The average molecular weight is 265 g/mol. The van der Waals surface area contributed by atoms with Gasteiger partial charge in [-0.1, -0.05) is 6.92 Å². The van der Waals surface area contributed by atoms with Gasteiger partial charge in [-0.15, -0.1) is 0 Å². The zero-order valence-corrected chi connectivity index (χ0v) is 12.3. The summed E-state index contributed by atoms with van der Waals surface area (Å²) in [7, 11) is 6.93. The molecular formula is C15H23NO3. The lowest BCUT2D eigenvalue weighted by Gasteiger charge is -2.22. The van der Waals surface area contributed by atoms with Crippen LogP contribution in [0.1, 0.15) is 24.9 Å². The molecule has 0 bridgehead atoms. The maximum atomic E-state index is 5.56. The van der Waals surface area contributed by atoms with Gasteiger partial charge in [0.1, 0.15) is 0 Å². The summed E-state index contributed by atoms with van der Waals surface area (Å²) in [5, 5.41) is 3.40. The molecule has 19 heavy (non-hydrogen) atoms. The fourth-order valence-electron chi connectivity index (χ4n) is 2.78. The van der Waals surface area contributed by atoms with Crippen molar-refractivity contribution in [3.63, 3.8) is 0 Å². The molecule has 3 atom stereocenters. The first-order valence-electron chi connectivity index (χ1n) is 6.64. The standard InChI is InChI=1S/C15H23NO3/c1-9-8-11(9)13(16-2)10-6-7-12(17-3)15(19-5)14(10)18-4/h6-7,9,11,13,16H,8H2,1-5H3. The second-order valence-electron chi connectivity index (χ2n) is 5.07. The molecule has 1 saturated carbocycles. The van der Waals surface area contributed by atoms with Gasteiger partial charge in [-0.3, -0.25) is 0 Å². The van der Waals surface area contributed by atoms with Gasteiger partial charge in [0.05, 0.1) is 21.3 Å². The van der Waals surface area contributed by atoms with Gasteiger partial charge >= 0.3 is 0 Å². The van der Waals surface area contributed by atoms with E-state index in [1.165, 1.54) is 6.42 Å². The van der Waals surface area contributed by atoms with Crippen molar-refractivity contribution in [3.05, 3.63) is 17.7 Å². The van der Waals surface area contributed by atoms with Crippen molar-refractivity contribution in [2.75, 3.05) is 28.4 Å². The molecule has 1 aromatic carbocycles. The summed E-state index contributed by atoms with van der Waals surface area (Å²) in [5.41, 5.74) is 1.14. The van der Waals surface area contributed by atoms with Crippen LogP contribution in [-0.4, -0.2) is 28.4 Å². The number of hydrogen-bond donors (Lipinski definition) is 1. The number of ether oxygens (including phenoxy) is 3. The van der Waals surface area contributed by atoms with Crippen LogP contribution in [-0.2, 0) is 0 Å². The maximum absolute atomic E-state index is 5.56. The van der Waals surface area contributed by atoms with E-state index in [9.17, 15) is 0 Å². The van der Waals surface area contributed by atoms with Crippen LogP contribution in [0.5, 0.6) is 17.2 Å². The van der Waals surface area contributed by atoms with E-state index in [1.54, 1.807) is 21.3 Å². The Bertz CT molecular complexity index is 447. The van der Waals surface area contributed by atoms with Crippen molar-refractivity contribution in [1.82, 2.24) is 5.32 Å². The van der Waals surface area contributed by atoms with Gasteiger partial charge in [0.2, 0.25) is 5.75 Å². The van der Waals surface area contributed by atoms with E-state index < -0.39 is 0 Å². The molecule has 0 amide bonds. The summed E-state index contributed by atoms with van der Waals surface area (Å²) in [6.07, 6.45) is 1.25. The molecule has 1 aliphatic rings. The highest BCUT2D eigenvalue weighted by Gasteiger charge is 2.41. The van der Waals surface area contributed by atoms with Crippen molar-refractivity contribution in [2.24, 2.45) is 11.8 Å². The zero-order valence-electron chi connectivity index (χ0n) is 12.3. The van der Waals surface area contributed by atoms with Crippen LogP contribution in [0.25, 0.3) is 0 Å². The molecule has 1 N–H and O–H groups in total. The summed E-state index contributed by atoms with van der Waals surface area (Å²) < 4.78 is 16.3. The monoisotopic (exact) mass is 265 g/mol. The van der Waals surface area contributed by atoms with Gasteiger partial charge in [0.25, 0.3) is 0 Å². The molecule has 3 unspecified atom stereocenters. The topological polar surface area (TPSA) is 39.7 Å². The predicted molar refractivity (Wildman–Crippen MR) is 75.2 cm³/mol. The Balaban J connectivity index is 2.44. The fourth-order valence-corrected chi connectivity index (χ4v) is 2.78. The van der Waals surface area contributed by atoms with Gasteiger partial charge in [-0.25, -0.2) is 0 Å². The van der Waals surface area contributed by atoms with Gasteiger partial charge in [0.15, 0.2) is 11.5 Å². The third kappa shape index (κ3) is 2.50. The van der Waals surface area contributed by atoms with Gasteiger partial charge in [0, 0.05) is 11.6 Å². The molecule has 0 spiro atoms. The van der Waals surface area contributed by atoms with Crippen LogP contribution in [0, 0.1) is 11.8 Å². The van der Waals surface area contributed by atoms with Crippen LogP contribution in [0.2, 0.25) is 0 Å². The second-order valence-corrected chi connectivity index (χ2v) is 5.07. The average Bonchev–Trinajstić information content (AvgIpc) is 3.15. The highest BCUT2D eigenvalue weighted by Crippen LogP contribution is 2.51. The Labute approximate surface area is 115 Å². The molecule has 4 nitrogen and oxygen atoms in total. The molecule has 0 aliphatic heterocycles. The SMILES string of the molecule is CNC(c1ccc(OC)c(OC)c1OC)C1CC1C. The molecule has 1 aromatic rings. The third-order valence-corrected chi connectivity index (χ3v) is 3.98. The quantitative estimate of drug-likeness (QED) is 0.858. The van der Waals surface area contributed by atoms with Crippen molar-refractivity contribution in [3.8, 4) is 17.2 Å². The minimum absolute atomic E-state index is 0.296. The van der Waals surface area contributed by atoms with Crippen molar-refractivity contribution in [1.29, 1.82) is 0 Å². The Morgan fingerprint density at radius 1 is 1.11 bits per heavy atom. The summed E-state index contributed by atoms with van der Waals surface area (Å²) >= 11 is 0. The third-order valence-electron chi connectivity index (χ3n) is 3.98. The lowest BCUT2D eigenvalue weighted by Crippen LogP contribution is -2.20. The van der Waals surface area contributed by atoms with Crippen LogP contribution >= 0.6 is 0 Å². The van der Waals surface area contributed by atoms with Crippen LogP contribution in [0.4, 0.5) is 0 Å². The predicted octanol–water partition coefficient (Wildman–Crippen LogP) is 2.63. The first kappa shape index (κ1) is 14.0. The van der Waals surface area contributed by atoms with Gasteiger partial charge in [-0.2, -0.15) is 0 Å². The van der Waals surface area contributed by atoms with E-state index in [4.69, 9.17) is 14.2 Å². The fraction of sp³-hybridized carbons (Fsp3) is 0.600. The molecule has 4 heteroatoms. The normalized spacial score (nSPS) is 22.8. The van der Waals surface area contributed by atoms with E-state index in [2.05, 4.69) is 18.3 Å². The first-order valence-corrected chi connectivity index (χ1v) is 6.64. The van der Waals surface area contributed by atoms with E-state index in [0.29, 0.717) is 23.5 Å². The number of nitrogens with one attached hydrogen (secondary N) is 1. The zero-order chi connectivity index (χ0) is 14.0. The smallest absolute Gasteiger partial charge is 0.203 e.